The lowest BCUT2D eigenvalue weighted by Crippen LogP contribution is -1.97. The third-order valence-electron chi connectivity index (χ3n) is 2.36. The highest BCUT2D eigenvalue weighted by Gasteiger charge is 2.02. The molecular weight excluding hydrogens is 337 g/mol. The maximum absolute atomic E-state index is 5.90. The summed E-state index contributed by atoms with van der Waals surface area (Å²) in [5.41, 5.74) is 7.47. The van der Waals surface area contributed by atoms with Crippen molar-refractivity contribution in [3.05, 3.63) is 56.5 Å². The van der Waals surface area contributed by atoms with Gasteiger partial charge < -0.3 is 10.5 Å². The normalized spacial score (nSPS) is 10.4. The van der Waals surface area contributed by atoms with Crippen molar-refractivity contribution in [3.8, 4) is 5.75 Å². The molecule has 0 heterocycles. The van der Waals surface area contributed by atoms with E-state index in [9.17, 15) is 0 Å². The first-order chi connectivity index (χ1) is 8.56. The third kappa shape index (κ3) is 3.31. The minimum atomic E-state index is 0.426. The van der Waals surface area contributed by atoms with Crippen LogP contribution in [0.25, 0.3) is 0 Å². The molecule has 5 heteroatoms. The zero-order chi connectivity index (χ0) is 13.1. The lowest BCUT2D eigenvalue weighted by molar-refractivity contribution is 0.306. The number of nitrogen functional groups attached to an aromatic ring is 1. The van der Waals surface area contributed by atoms with Gasteiger partial charge in [-0.05, 0) is 45.8 Å². The zero-order valence-electron chi connectivity index (χ0n) is 9.29. The molecule has 2 N–H and O–H groups in total. The van der Waals surface area contributed by atoms with Gasteiger partial charge >= 0.3 is 0 Å². The van der Waals surface area contributed by atoms with Gasteiger partial charge in [0.2, 0.25) is 0 Å². The van der Waals surface area contributed by atoms with E-state index < -0.39 is 0 Å². The molecule has 0 aliphatic rings. The van der Waals surface area contributed by atoms with Gasteiger partial charge in [0.15, 0.2) is 0 Å². The van der Waals surface area contributed by atoms with Crippen molar-refractivity contribution in [2.75, 3.05) is 5.73 Å². The molecule has 0 amide bonds. The van der Waals surface area contributed by atoms with E-state index in [1.165, 1.54) is 0 Å². The first-order valence-corrected chi connectivity index (χ1v) is 6.73. The van der Waals surface area contributed by atoms with Crippen LogP contribution in [-0.2, 0) is 6.61 Å². The van der Waals surface area contributed by atoms with E-state index in [1.54, 1.807) is 18.2 Å². The number of hydrogen-bond donors (Lipinski definition) is 1. The maximum atomic E-state index is 5.90. The molecule has 0 spiro atoms. The van der Waals surface area contributed by atoms with Crippen LogP contribution in [0.15, 0.2) is 40.9 Å². The van der Waals surface area contributed by atoms with E-state index in [2.05, 4.69) is 15.9 Å². The molecular formula is C13H10BrCl2NO. The molecule has 2 aromatic rings. The van der Waals surface area contributed by atoms with Crippen LogP contribution in [0.3, 0.4) is 0 Å². The lowest BCUT2D eigenvalue weighted by atomic mass is 10.2. The number of halogens is 3. The second-order valence-corrected chi connectivity index (χ2v) is 5.39. The molecule has 0 radical (unpaired) electrons. The highest BCUT2D eigenvalue weighted by atomic mass is 79.9. The molecule has 2 aromatic carbocycles. The Hall–Kier alpha value is -0.900. The van der Waals surface area contributed by atoms with Gasteiger partial charge in [-0.3, -0.25) is 0 Å². The van der Waals surface area contributed by atoms with Crippen molar-refractivity contribution < 1.29 is 4.74 Å². The smallest absolute Gasteiger partial charge is 0.121 e. The van der Waals surface area contributed by atoms with Crippen molar-refractivity contribution in [2.45, 2.75) is 6.61 Å². The first kappa shape index (κ1) is 13.5. The average molecular weight is 347 g/mol. The Kier molecular flexibility index (Phi) is 4.38. The Labute approximate surface area is 124 Å². The number of benzene rings is 2. The number of rotatable bonds is 3. The number of hydrogen-bond acceptors (Lipinski definition) is 2. The molecule has 2 nitrogen and oxygen atoms in total. The highest BCUT2D eigenvalue weighted by Crippen LogP contribution is 2.27. The van der Waals surface area contributed by atoms with Crippen LogP contribution in [0.1, 0.15) is 5.56 Å². The van der Waals surface area contributed by atoms with Gasteiger partial charge in [-0.15, -0.1) is 0 Å². The van der Waals surface area contributed by atoms with Crippen LogP contribution in [0.5, 0.6) is 5.75 Å². The highest BCUT2D eigenvalue weighted by molar-refractivity contribution is 9.10. The molecule has 0 aliphatic heterocycles. The molecule has 0 aromatic heterocycles. The van der Waals surface area contributed by atoms with Crippen molar-refractivity contribution in [3.63, 3.8) is 0 Å². The van der Waals surface area contributed by atoms with E-state index >= 15 is 0 Å². The Balaban J connectivity index is 2.06. The number of anilines is 1. The quantitative estimate of drug-likeness (QED) is 0.801. The van der Waals surface area contributed by atoms with Crippen LogP contribution in [0, 0.1) is 0 Å². The van der Waals surface area contributed by atoms with E-state index in [0.717, 1.165) is 10.0 Å². The summed E-state index contributed by atoms with van der Waals surface area (Å²) in [5, 5.41) is 0.987. The third-order valence-corrected chi connectivity index (χ3v) is 3.82. The topological polar surface area (TPSA) is 35.2 Å². The molecule has 94 valence electrons. The second-order valence-electron chi connectivity index (χ2n) is 3.72. The first-order valence-electron chi connectivity index (χ1n) is 5.18. The van der Waals surface area contributed by atoms with Crippen LogP contribution >= 0.6 is 39.1 Å². The summed E-state index contributed by atoms with van der Waals surface area (Å²) in [6.45, 7) is 0.426. The van der Waals surface area contributed by atoms with Crippen LogP contribution < -0.4 is 10.5 Å². The molecule has 0 aliphatic carbocycles. The predicted molar refractivity (Wildman–Crippen MR) is 79.3 cm³/mol. The fourth-order valence-corrected chi connectivity index (χ4v) is 1.95. The van der Waals surface area contributed by atoms with Crippen molar-refractivity contribution in [2.24, 2.45) is 0 Å². The Bertz CT molecular complexity index is 523. The molecule has 0 unspecified atom stereocenters. The molecule has 2 rings (SSSR count). The average Bonchev–Trinajstić information content (AvgIpc) is 2.35. The molecule has 0 saturated carbocycles. The fourth-order valence-electron chi connectivity index (χ4n) is 1.42. The zero-order valence-corrected chi connectivity index (χ0v) is 12.4. The summed E-state index contributed by atoms with van der Waals surface area (Å²) in [5.74, 6) is 0.672. The Morgan fingerprint density at radius 3 is 2.50 bits per heavy atom. The molecule has 18 heavy (non-hydrogen) atoms. The molecule has 0 fully saturated rings. The predicted octanol–water partition coefficient (Wildman–Crippen LogP) is 4.92. The second kappa shape index (κ2) is 5.83. The van der Waals surface area contributed by atoms with Crippen LogP contribution in [0.2, 0.25) is 10.0 Å². The summed E-state index contributed by atoms with van der Waals surface area (Å²) in [6, 6.07) is 10.9. The molecule has 0 atom stereocenters. The van der Waals surface area contributed by atoms with Gasteiger partial charge in [0.25, 0.3) is 0 Å². The van der Waals surface area contributed by atoms with Crippen LogP contribution in [-0.4, -0.2) is 0 Å². The maximum Gasteiger partial charge on any atom is 0.121 e. The summed E-state index contributed by atoms with van der Waals surface area (Å²) < 4.78 is 6.48. The van der Waals surface area contributed by atoms with Gasteiger partial charge in [-0.25, -0.2) is 0 Å². The minimum absolute atomic E-state index is 0.426. The van der Waals surface area contributed by atoms with Gasteiger partial charge in [0.05, 0.1) is 10.0 Å². The lowest BCUT2D eigenvalue weighted by Gasteiger charge is -2.08. The van der Waals surface area contributed by atoms with E-state index in [1.807, 2.05) is 18.2 Å². The van der Waals surface area contributed by atoms with E-state index in [-0.39, 0.29) is 0 Å². The van der Waals surface area contributed by atoms with E-state index in [0.29, 0.717) is 28.1 Å². The monoisotopic (exact) mass is 345 g/mol. The number of nitrogens with two attached hydrogens (primary N) is 1. The van der Waals surface area contributed by atoms with Gasteiger partial charge in [0.1, 0.15) is 12.4 Å². The SMILES string of the molecule is Nc1cc(COc2ccc(Cl)c(Cl)c2)ccc1Br. The minimum Gasteiger partial charge on any atom is -0.489 e. The van der Waals surface area contributed by atoms with Gasteiger partial charge in [0, 0.05) is 16.2 Å². The van der Waals surface area contributed by atoms with E-state index in [4.69, 9.17) is 33.7 Å². The summed E-state index contributed by atoms with van der Waals surface area (Å²) >= 11 is 15.1. The Morgan fingerprint density at radius 2 is 1.83 bits per heavy atom. The number of ether oxygens (including phenoxy) is 1. The van der Waals surface area contributed by atoms with Gasteiger partial charge in [-0.2, -0.15) is 0 Å². The summed E-state index contributed by atoms with van der Waals surface area (Å²) in [6.07, 6.45) is 0. The fraction of sp³-hybridized carbons (Fsp3) is 0.0769. The Morgan fingerprint density at radius 1 is 1.06 bits per heavy atom. The standard InChI is InChI=1S/C13H10BrCl2NO/c14-10-3-1-8(5-13(10)17)7-18-9-2-4-11(15)12(16)6-9/h1-6H,7,17H2. The van der Waals surface area contributed by atoms with Crippen molar-refractivity contribution in [1.82, 2.24) is 0 Å². The molecule has 0 bridgehead atoms. The van der Waals surface area contributed by atoms with Crippen molar-refractivity contribution in [1.29, 1.82) is 0 Å². The van der Waals surface area contributed by atoms with Gasteiger partial charge in [-0.1, -0.05) is 29.3 Å². The molecule has 0 saturated heterocycles. The summed E-state index contributed by atoms with van der Waals surface area (Å²) in [7, 11) is 0. The van der Waals surface area contributed by atoms with Crippen molar-refractivity contribution >= 4 is 44.8 Å². The largest absolute Gasteiger partial charge is 0.489 e. The summed E-state index contributed by atoms with van der Waals surface area (Å²) in [4.78, 5) is 0. The van der Waals surface area contributed by atoms with Crippen LogP contribution in [0.4, 0.5) is 5.69 Å².